The first kappa shape index (κ1) is 15.4. The molecule has 0 N–H and O–H groups in total. The molecule has 0 aliphatic heterocycles. The van der Waals surface area contributed by atoms with Crippen LogP contribution in [0.25, 0.3) is 0 Å². The molecular weight excluding hydrogens is 256 g/mol. The Balaban J connectivity index is 2.39. The summed E-state index contributed by atoms with van der Waals surface area (Å²) in [6, 6.07) is 0. The molecule has 18 heavy (non-hydrogen) atoms. The van der Waals surface area contributed by atoms with E-state index < -0.39 is 0 Å². The van der Waals surface area contributed by atoms with E-state index in [1.54, 1.807) is 30.7 Å². The molecule has 0 amide bonds. The summed E-state index contributed by atoms with van der Waals surface area (Å²) in [7, 11) is 3.17. The van der Waals surface area contributed by atoms with Crippen LogP contribution in [0.3, 0.4) is 0 Å². The molecule has 8 heteroatoms. The van der Waals surface area contributed by atoms with E-state index in [0.717, 1.165) is 10.9 Å². The SMILES string of the molecule is COC(Cn1nnnc1SCCOC(C)C)OC. The van der Waals surface area contributed by atoms with Crippen LogP contribution in [0.2, 0.25) is 0 Å². The maximum Gasteiger partial charge on any atom is 0.209 e. The van der Waals surface area contributed by atoms with E-state index in [1.807, 2.05) is 13.8 Å². The van der Waals surface area contributed by atoms with Crippen molar-refractivity contribution in [1.82, 2.24) is 20.2 Å². The van der Waals surface area contributed by atoms with Gasteiger partial charge in [0.05, 0.1) is 19.3 Å². The molecule has 0 unspecified atom stereocenters. The molecule has 0 saturated heterocycles. The molecule has 1 aromatic rings. The predicted octanol–water partition coefficient (Wildman–Crippen LogP) is 0.809. The molecule has 0 fully saturated rings. The van der Waals surface area contributed by atoms with Gasteiger partial charge in [0.15, 0.2) is 6.29 Å². The van der Waals surface area contributed by atoms with Crippen LogP contribution in [0, 0.1) is 0 Å². The fourth-order valence-electron chi connectivity index (χ4n) is 1.22. The summed E-state index contributed by atoms with van der Waals surface area (Å²) in [6.07, 6.45) is -0.104. The van der Waals surface area contributed by atoms with Crippen molar-refractivity contribution in [2.75, 3.05) is 26.6 Å². The van der Waals surface area contributed by atoms with Crippen LogP contribution in [0.1, 0.15) is 13.8 Å². The van der Waals surface area contributed by atoms with E-state index in [2.05, 4.69) is 15.5 Å². The van der Waals surface area contributed by atoms with Crippen LogP contribution in [0.5, 0.6) is 0 Å². The Morgan fingerprint density at radius 2 is 2.00 bits per heavy atom. The van der Waals surface area contributed by atoms with Gasteiger partial charge in [-0.25, -0.2) is 4.68 Å². The second-order valence-corrected chi connectivity index (χ2v) is 4.87. The highest BCUT2D eigenvalue weighted by molar-refractivity contribution is 7.99. The minimum absolute atomic E-state index is 0.243. The fourth-order valence-corrected chi connectivity index (χ4v) is 1.93. The van der Waals surface area contributed by atoms with E-state index in [0.29, 0.717) is 13.2 Å². The van der Waals surface area contributed by atoms with Gasteiger partial charge in [-0.1, -0.05) is 11.8 Å². The van der Waals surface area contributed by atoms with Crippen LogP contribution in [0.4, 0.5) is 0 Å². The maximum absolute atomic E-state index is 5.46. The summed E-state index contributed by atoms with van der Waals surface area (Å²) in [5.41, 5.74) is 0. The fraction of sp³-hybridized carbons (Fsp3) is 0.900. The first-order chi connectivity index (χ1) is 8.67. The molecule has 0 spiro atoms. The number of hydrogen-bond donors (Lipinski definition) is 0. The van der Waals surface area contributed by atoms with Gasteiger partial charge >= 0.3 is 0 Å². The molecule has 0 radical (unpaired) electrons. The summed E-state index contributed by atoms with van der Waals surface area (Å²) >= 11 is 1.55. The monoisotopic (exact) mass is 276 g/mol. The van der Waals surface area contributed by atoms with Crippen molar-refractivity contribution in [3.05, 3.63) is 0 Å². The third-order valence-corrected chi connectivity index (χ3v) is 3.03. The Hall–Kier alpha value is -0.700. The topological polar surface area (TPSA) is 71.3 Å². The maximum atomic E-state index is 5.46. The number of tetrazole rings is 1. The van der Waals surface area contributed by atoms with Gasteiger partial charge in [0, 0.05) is 20.0 Å². The minimum atomic E-state index is -0.347. The van der Waals surface area contributed by atoms with Gasteiger partial charge < -0.3 is 14.2 Å². The molecular formula is C10H20N4O3S. The zero-order valence-electron chi connectivity index (χ0n) is 11.2. The molecule has 7 nitrogen and oxygen atoms in total. The number of rotatable bonds is 9. The van der Waals surface area contributed by atoms with Crippen LogP contribution < -0.4 is 0 Å². The molecule has 0 aliphatic rings. The largest absolute Gasteiger partial charge is 0.378 e. The summed E-state index contributed by atoms with van der Waals surface area (Å²) in [5.74, 6) is 0.809. The molecule has 0 atom stereocenters. The number of methoxy groups -OCH3 is 2. The Morgan fingerprint density at radius 3 is 2.61 bits per heavy atom. The molecule has 1 aromatic heterocycles. The Morgan fingerprint density at radius 1 is 1.28 bits per heavy atom. The van der Waals surface area contributed by atoms with Crippen molar-refractivity contribution < 1.29 is 14.2 Å². The lowest BCUT2D eigenvalue weighted by molar-refractivity contribution is -0.113. The van der Waals surface area contributed by atoms with Crippen molar-refractivity contribution in [1.29, 1.82) is 0 Å². The Kier molecular flexibility index (Phi) is 7.18. The van der Waals surface area contributed by atoms with Gasteiger partial charge in [0.2, 0.25) is 5.16 Å². The first-order valence-electron chi connectivity index (χ1n) is 5.73. The smallest absolute Gasteiger partial charge is 0.209 e. The minimum Gasteiger partial charge on any atom is -0.378 e. The van der Waals surface area contributed by atoms with Crippen molar-refractivity contribution in [2.45, 2.75) is 37.9 Å². The van der Waals surface area contributed by atoms with E-state index in [9.17, 15) is 0 Å². The lowest BCUT2D eigenvalue weighted by Gasteiger charge is -2.13. The zero-order chi connectivity index (χ0) is 13.4. The lowest BCUT2D eigenvalue weighted by atomic mass is 10.5. The number of hydrogen-bond acceptors (Lipinski definition) is 7. The normalized spacial score (nSPS) is 11.7. The number of nitrogens with zero attached hydrogens (tertiary/aromatic N) is 4. The van der Waals surface area contributed by atoms with Crippen LogP contribution >= 0.6 is 11.8 Å². The molecule has 0 aliphatic carbocycles. The highest BCUT2D eigenvalue weighted by Crippen LogP contribution is 2.14. The van der Waals surface area contributed by atoms with Crippen LogP contribution in [-0.4, -0.2) is 59.2 Å². The predicted molar refractivity (Wildman–Crippen MR) is 67.4 cm³/mol. The van der Waals surface area contributed by atoms with Crippen molar-refractivity contribution in [3.8, 4) is 0 Å². The summed E-state index contributed by atoms with van der Waals surface area (Å²) in [4.78, 5) is 0. The highest BCUT2D eigenvalue weighted by Gasteiger charge is 2.12. The summed E-state index contributed by atoms with van der Waals surface area (Å²) in [5, 5.41) is 12.2. The van der Waals surface area contributed by atoms with E-state index in [1.165, 1.54) is 0 Å². The number of ether oxygens (including phenoxy) is 3. The van der Waals surface area contributed by atoms with Crippen LogP contribution in [0.15, 0.2) is 5.16 Å². The van der Waals surface area contributed by atoms with Gasteiger partial charge in [-0.2, -0.15) is 0 Å². The third-order valence-electron chi connectivity index (χ3n) is 2.11. The molecule has 1 heterocycles. The zero-order valence-corrected chi connectivity index (χ0v) is 12.0. The lowest BCUT2D eigenvalue weighted by Crippen LogP contribution is -2.22. The van der Waals surface area contributed by atoms with E-state index >= 15 is 0 Å². The van der Waals surface area contributed by atoms with Crippen molar-refractivity contribution >= 4 is 11.8 Å². The van der Waals surface area contributed by atoms with Gasteiger partial charge in [-0.3, -0.25) is 0 Å². The number of thioether (sulfide) groups is 1. The van der Waals surface area contributed by atoms with Gasteiger partial charge in [-0.15, -0.1) is 5.10 Å². The van der Waals surface area contributed by atoms with Crippen LogP contribution in [-0.2, 0) is 20.8 Å². The molecule has 0 bridgehead atoms. The van der Waals surface area contributed by atoms with E-state index in [-0.39, 0.29) is 12.4 Å². The third kappa shape index (κ3) is 5.30. The average molecular weight is 276 g/mol. The van der Waals surface area contributed by atoms with Gasteiger partial charge in [0.1, 0.15) is 0 Å². The van der Waals surface area contributed by atoms with Gasteiger partial charge in [-0.05, 0) is 24.3 Å². The number of aromatic nitrogens is 4. The highest BCUT2D eigenvalue weighted by atomic mass is 32.2. The molecule has 1 rings (SSSR count). The van der Waals surface area contributed by atoms with Gasteiger partial charge in [0.25, 0.3) is 0 Å². The Bertz CT molecular complexity index is 331. The quantitative estimate of drug-likeness (QED) is 0.375. The second-order valence-electron chi connectivity index (χ2n) is 3.81. The first-order valence-corrected chi connectivity index (χ1v) is 6.72. The van der Waals surface area contributed by atoms with Crippen molar-refractivity contribution in [2.24, 2.45) is 0 Å². The molecule has 0 aromatic carbocycles. The Labute approximate surface area is 111 Å². The summed E-state index contributed by atoms with van der Waals surface area (Å²) < 4.78 is 17.3. The standard InChI is InChI=1S/C10H20N4O3S/c1-8(2)17-5-6-18-10-11-12-13-14(10)7-9(15-3)16-4/h8-9H,5-7H2,1-4H3. The molecule has 0 saturated carbocycles. The second kappa shape index (κ2) is 8.41. The average Bonchev–Trinajstić information content (AvgIpc) is 2.78. The molecule has 104 valence electrons. The summed E-state index contributed by atoms with van der Waals surface area (Å²) in [6.45, 7) is 5.16. The van der Waals surface area contributed by atoms with Crippen molar-refractivity contribution in [3.63, 3.8) is 0 Å². The van der Waals surface area contributed by atoms with E-state index in [4.69, 9.17) is 14.2 Å².